The molecule has 9 nitrogen and oxygen atoms in total. The lowest BCUT2D eigenvalue weighted by Crippen LogP contribution is -2.14. The largest absolute Gasteiger partial charge is 0.504 e. The number of phenolic OH excluding ortho intramolecular Hbond substituents is 1. The highest BCUT2D eigenvalue weighted by Gasteiger charge is 2.20. The van der Waals surface area contributed by atoms with E-state index < -0.39 is 10.0 Å². The lowest BCUT2D eigenvalue weighted by atomic mass is 10.1. The lowest BCUT2D eigenvalue weighted by Gasteiger charge is -2.15. The van der Waals surface area contributed by atoms with Crippen LogP contribution in [-0.2, 0) is 10.0 Å². The monoisotopic (exact) mass is 501 g/mol. The molecule has 0 spiro atoms. The van der Waals surface area contributed by atoms with Gasteiger partial charge in [0.15, 0.2) is 23.0 Å². The molecule has 0 unspecified atom stereocenters. The Hall–Kier alpha value is -4.05. The molecule has 3 aromatic rings. The van der Waals surface area contributed by atoms with E-state index in [1.54, 1.807) is 42.5 Å². The minimum absolute atomic E-state index is 0.00300. The van der Waals surface area contributed by atoms with E-state index in [9.17, 15) is 13.5 Å². The predicted octanol–water partition coefficient (Wildman–Crippen LogP) is 4.41. The molecule has 3 aromatic carbocycles. The fraction of sp³-hybridized carbons (Fsp3) is 0.200. The summed E-state index contributed by atoms with van der Waals surface area (Å²) in [6, 6.07) is 12.6. The quantitative estimate of drug-likeness (QED) is 0.393. The second kappa shape index (κ2) is 10.9. The number of anilines is 1. The number of hydrogen-bond donors (Lipinski definition) is 2. The molecule has 0 aliphatic heterocycles. The number of nitrogens with one attached hydrogen (secondary N) is 1. The van der Waals surface area contributed by atoms with Gasteiger partial charge in [0, 0.05) is 6.07 Å². The summed E-state index contributed by atoms with van der Waals surface area (Å²) in [5.74, 6) is 1.57. The number of methoxy groups -OCH3 is 5. The van der Waals surface area contributed by atoms with Gasteiger partial charge in [0.1, 0.15) is 5.75 Å². The van der Waals surface area contributed by atoms with E-state index in [0.29, 0.717) is 28.6 Å². The van der Waals surface area contributed by atoms with Gasteiger partial charge in [-0.25, -0.2) is 8.42 Å². The first-order chi connectivity index (χ1) is 16.8. The molecule has 0 aliphatic carbocycles. The molecule has 3 rings (SSSR count). The van der Waals surface area contributed by atoms with E-state index in [1.165, 1.54) is 53.7 Å². The molecule has 0 amide bonds. The zero-order valence-electron chi connectivity index (χ0n) is 20.0. The van der Waals surface area contributed by atoms with Gasteiger partial charge in [0.25, 0.3) is 10.0 Å². The average molecular weight is 502 g/mol. The fourth-order valence-electron chi connectivity index (χ4n) is 3.38. The van der Waals surface area contributed by atoms with Gasteiger partial charge in [-0.15, -0.1) is 0 Å². The third kappa shape index (κ3) is 5.72. The average Bonchev–Trinajstić information content (AvgIpc) is 2.86. The Kier molecular flexibility index (Phi) is 7.98. The molecule has 0 heterocycles. The van der Waals surface area contributed by atoms with Gasteiger partial charge in [-0.2, -0.15) is 0 Å². The Bertz CT molecular complexity index is 1310. The molecule has 0 aliphatic rings. The van der Waals surface area contributed by atoms with Crippen LogP contribution in [0, 0.1) is 0 Å². The van der Waals surface area contributed by atoms with Crippen LogP contribution in [0.15, 0.2) is 53.4 Å². The van der Waals surface area contributed by atoms with Crippen LogP contribution in [0.2, 0.25) is 0 Å². The van der Waals surface area contributed by atoms with Crippen molar-refractivity contribution in [2.45, 2.75) is 4.90 Å². The molecule has 0 fully saturated rings. The van der Waals surface area contributed by atoms with Crippen LogP contribution in [0.3, 0.4) is 0 Å². The lowest BCUT2D eigenvalue weighted by molar-refractivity contribution is 0.324. The van der Waals surface area contributed by atoms with E-state index in [-0.39, 0.29) is 22.1 Å². The number of rotatable bonds is 10. The highest BCUT2D eigenvalue weighted by molar-refractivity contribution is 7.92. The van der Waals surface area contributed by atoms with Gasteiger partial charge in [-0.05, 0) is 47.5 Å². The summed E-state index contributed by atoms with van der Waals surface area (Å²) >= 11 is 0. The molecule has 0 saturated heterocycles. The van der Waals surface area contributed by atoms with Crippen LogP contribution < -0.4 is 28.4 Å². The second-order valence-corrected chi connectivity index (χ2v) is 8.88. The molecule has 0 radical (unpaired) electrons. The molecular weight excluding hydrogens is 474 g/mol. The van der Waals surface area contributed by atoms with E-state index in [1.807, 2.05) is 0 Å². The number of phenols is 1. The third-order valence-corrected chi connectivity index (χ3v) is 6.41. The first-order valence-electron chi connectivity index (χ1n) is 10.3. The zero-order chi connectivity index (χ0) is 25.6. The highest BCUT2D eigenvalue weighted by Crippen LogP contribution is 2.40. The Labute approximate surface area is 204 Å². The summed E-state index contributed by atoms with van der Waals surface area (Å²) < 4.78 is 54.9. The molecule has 0 saturated carbocycles. The topological polar surface area (TPSA) is 113 Å². The first-order valence-corrected chi connectivity index (χ1v) is 11.8. The van der Waals surface area contributed by atoms with Crippen molar-refractivity contribution in [1.82, 2.24) is 0 Å². The number of sulfonamides is 1. The molecule has 186 valence electrons. The van der Waals surface area contributed by atoms with E-state index in [0.717, 1.165) is 5.56 Å². The Morgan fingerprint density at radius 1 is 0.743 bits per heavy atom. The van der Waals surface area contributed by atoms with Gasteiger partial charge in [0.2, 0.25) is 5.75 Å². The van der Waals surface area contributed by atoms with Crippen LogP contribution in [0.25, 0.3) is 12.2 Å². The van der Waals surface area contributed by atoms with Crippen LogP contribution >= 0.6 is 0 Å². The fourth-order valence-corrected chi connectivity index (χ4v) is 4.47. The number of ether oxygens (including phenoxy) is 5. The third-order valence-electron chi connectivity index (χ3n) is 5.05. The standard InChI is InChI=1S/C25H27NO8S/c1-30-18-7-6-8-19(15-18)35(28,29)26-20-11-16(12-21(27)24(20)33-4)9-10-17-13-22(31-2)25(34-5)23(14-17)32-3/h6-15,26-27H,1-5H3/b10-9-. The summed E-state index contributed by atoms with van der Waals surface area (Å²) in [5, 5.41) is 10.5. The smallest absolute Gasteiger partial charge is 0.262 e. The number of hydrogen-bond acceptors (Lipinski definition) is 8. The summed E-state index contributed by atoms with van der Waals surface area (Å²) in [5.41, 5.74) is 1.31. The molecule has 10 heteroatoms. The van der Waals surface area contributed by atoms with Gasteiger partial charge >= 0.3 is 0 Å². The van der Waals surface area contributed by atoms with Crippen LogP contribution in [0.5, 0.6) is 34.5 Å². The number of benzene rings is 3. The first kappa shape index (κ1) is 25.6. The molecule has 35 heavy (non-hydrogen) atoms. The molecule has 2 N–H and O–H groups in total. The van der Waals surface area contributed by atoms with E-state index in [4.69, 9.17) is 23.7 Å². The highest BCUT2D eigenvalue weighted by atomic mass is 32.2. The summed E-state index contributed by atoms with van der Waals surface area (Å²) in [6.45, 7) is 0. The maximum Gasteiger partial charge on any atom is 0.262 e. The van der Waals surface area contributed by atoms with Gasteiger partial charge < -0.3 is 28.8 Å². The Balaban J connectivity index is 1.99. The van der Waals surface area contributed by atoms with Crippen LogP contribution in [0.4, 0.5) is 5.69 Å². The Morgan fingerprint density at radius 2 is 1.34 bits per heavy atom. The molecule has 0 aromatic heterocycles. The van der Waals surface area contributed by atoms with Crippen molar-refractivity contribution >= 4 is 27.9 Å². The van der Waals surface area contributed by atoms with Crippen molar-refractivity contribution < 1.29 is 37.2 Å². The van der Waals surface area contributed by atoms with Gasteiger partial charge in [0.05, 0.1) is 46.1 Å². The number of aromatic hydroxyl groups is 1. The second-order valence-electron chi connectivity index (χ2n) is 7.20. The predicted molar refractivity (Wildman–Crippen MR) is 133 cm³/mol. The van der Waals surface area contributed by atoms with Crippen LogP contribution in [-0.4, -0.2) is 49.1 Å². The van der Waals surface area contributed by atoms with Gasteiger partial charge in [-0.1, -0.05) is 18.2 Å². The zero-order valence-corrected chi connectivity index (χ0v) is 20.8. The van der Waals surface area contributed by atoms with E-state index >= 15 is 0 Å². The van der Waals surface area contributed by atoms with Crippen molar-refractivity contribution in [3.05, 3.63) is 59.7 Å². The minimum atomic E-state index is -4.00. The Morgan fingerprint density at radius 3 is 1.89 bits per heavy atom. The van der Waals surface area contributed by atoms with E-state index in [2.05, 4.69) is 4.72 Å². The summed E-state index contributed by atoms with van der Waals surface area (Å²) in [6.07, 6.45) is 3.45. The normalized spacial score (nSPS) is 11.2. The van der Waals surface area contributed by atoms with Crippen molar-refractivity contribution in [3.63, 3.8) is 0 Å². The van der Waals surface area contributed by atoms with Crippen molar-refractivity contribution in [2.24, 2.45) is 0 Å². The summed E-state index contributed by atoms with van der Waals surface area (Å²) in [7, 11) is 3.35. The summed E-state index contributed by atoms with van der Waals surface area (Å²) in [4.78, 5) is -0.00300. The maximum absolute atomic E-state index is 13.0. The van der Waals surface area contributed by atoms with Crippen LogP contribution in [0.1, 0.15) is 11.1 Å². The molecular formula is C25H27NO8S. The van der Waals surface area contributed by atoms with Crippen molar-refractivity contribution in [1.29, 1.82) is 0 Å². The maximum atomic E-state index is 13.0. The minimum Gasteiger partial charge on any atom is -0.504 e. The van der Waals surface area contributed by atoms with Crippen molar-refractivity contribution in [2.75, 3.05) is 40.3 Å². The molecule has 0 atom stereocenters. The molecule has 0 bridgehead atoms. The van der Waals surface area contributed by atoms with Crippen molar-refractivity contribution in [3.8, 4) is 34.5 Å². The van der Waals surface area contributed by atoms with Gasteiger partial charge in [-0.3, -0.25) is 4.72 Å². The SMILES string of the molecule is COc1cccc(S(=O)(=O)Nc2cc(/C=C\c3cc(OC)c(OC)c(OC)c3)cc(O)c2OC)c1.